The molecule has 0 radical (unpaired) electrons. The van der Waals surface area contributed by atoms with E-state index in [1.165, 1.54) is 7.11 Å². The Balaban J connectivity index is 2.96. The summed E-state index contributed by atoms with van der Waals surface area (Å²) < 4.78 is 21.4. The van der Waals surface area contributed by atoms with Crippen LogP contribution < -0.4 is 0 Å². The van der Waals surface area contributed by atoms with Crippen LogP contribution in [0.5, 0.6) is 0 Å². The summed E-state index contributed by atoms with van der Waals surface area (Å²) in [6.07, 6.45) is -0.243. The predicted octanol–water partition coefficient (Wildman–Crippen LogP) is 2.14. The van der Waals surface area contributed by atoms with Crippen LogP contribution in [0, 0.1) is 11.8 Å². The summed E-state index contributed by atoms with van der Waals surface area (Å²) in [4.78, 5) is 35.6. The number of carboxylic acids is 1. The molecule has 1 aliphatic rings. The zero-order chi connectivity index (χ0) is 19.7. The van der Waals surface area contributed by atoms with Crippen molar-refractivity contribution in [2.75, 3.05) is 13.7 Å². The fourth-order valence-corrected chi connectivity index (χ4v) is 3.14. The van der Waals surface area contributed by atoms with Crippen molar-refractivity contribution in [2.24, 2.45) is 11.8 Å². The molecule has 0 aromatic carbocycles. The zero-order valence-electron chi connectivity index (χ0n) is 15.9. The molecular weight excluding hydrogens is 344 g/mol. The van der Waals surface area contributed by atoms with Crippen molar-refractivity contribution in [1.29, 1.82) is 0 Å². The molecule has 1 N–H and O–H groups in total. The van der Waals surface area contributed by atoms with Gasteiger partial charge < -0.3 is 24.1 Å². The number of carbonyl (C=O) groups is 3. The van der Waals surface area contributed by atoms with Gasteiger partial charge in [-0.3, -0.25) is 14.4 Å². The molecule has 5 atom stereocenters. The van der Waals surface area contributed by atoms with Crippen molar-refractivity contribution in [3.05, 3.63) is 0 Å². The summed E-state index contributed by atoms with van der Waals surface area (Å²) in [5.41, 5.74) is 0. The normalized spacial score (nSPS) is 25.2. The van der Waals surface area contributed by atoms with E-state index >= 15 is 0 Å². The van der Waals surface area contributed by atoms with Crippen molar-refractivity contribution >= 4 is 17.9 Å². The molecule has 1 saturated heterocycles. The average Bonchev–Trinajstić information content (AvgIpc) is 2.56. The van der Waals surface area contributed by atoms with E-state index in [0.717, 1.165) is 0 Å². The number of methoxy groups -OCH3 is 1. The first-order valence-electron chi connectivity index (χ1n) is 9.10. The molecule has 150 valence electrons. The maximum Gasteiger partial charge on any atom is 0.310 e. The highest BCUT2D eigenvalue weighted by atomic mass is 16.7. The Hall–Kier alpha value is -1.67. The zero-order valence-corrected chi connectivity index (χ0v) is 15.9. The Morgan fingerprint density at radius 3 is 2.31 bits per heavy atom. The van der Waals surface area contributed by atoms with Gasteiger partial charge in [-0.15, -0.1) is 0 Å². The highest BCUT2D eigenvalue weighted by Crippen LogP contribution is 2.33. The Bertz CT molecular complexity index is 478. The van der Waals surface area contributed by atoms with E-state index in [1.54, 1.807) is 6.92 Å². The maximum absolute atomic E-state index is 11.9. The monoisotopic (exact) mass is 374 g/mol. The Labute approximate surface area is 154 Å². The lowest BCUT2D eigenvalue weighted by Crippen LogP contribution is -2.49. The minimum Gasteiger partial charge on any atom is -0.481 e. The Kier molecular flexibility index (Phi) is 9.58. The third kappa shape index (κ3) is 6.57. The molecule has 8 nitrogen and oxygen atoms in total. The van der Waals surface area contributed by atoms with Crippen LogP contribution in [0.2, 0.25) is 0 Å². The number of hydrogen-bond acceptors (Lipinski definition) is 7. The molecule has 0 amide bonds. The van der Waals surface area contributed by atoms with Gasteiger partial charge in [0.1, 0.15) is 12.2 Å². The van der Waals surface area contributed by atoms with Crippen LogP contribution in [0.3, 0.4) is 0 Å². The summed E-state index contributed by atoms with van der Waals surface area (Å²) in [7, 11) is 1.46. The lowest BCUT2D eigenvalue weighted by Gasteiger charge is -2.39. The molecule has 8 heteroatoms. The van der Waals surface area contributed by atoms with Gasteiger partial charge in [-0.1, -0.05) is 13.8 Å². The molecule has 0 bridgehead atoms. The van der Waals surface area contributed by atoms with E-state index < -0.39 is 48.2 Å². The number of carboxylic acid groups (broad SMARTS) is 1. The molecule has 1 fully saturated rings. The highest BCUT2D eigenvalue weighted by molar-refractivity contribution is 5.74. The van der Waals surface area contributed by atoms with Gasteiger partial charge in [-0.25, -0.2) is 0 Å². The van der Waals surface area contributed by atoms with Gasteiger partial charge in [0.2, 0.25) is 0 Å². The third-order valence-corrected chi connectivity index (χ3v) is 4.41. The summed E-state index contributed by atoms with van der Waals surface area (Å²) in [5.74, 6) is -3.57. The number of aliphatic carboxylic acids is 1. The van der Waals surface area contributed by atoms with Crippen LogP contribution in [0.4, 0.5) is 0 Å². The van der Waals surface area contributed by atoms with E-state index in [-0.39, 0.29) is 25.9 Å². The molecule has 1 aliphatic heterocycles. The molecule has 0 aliphatic carbocycles. The van der Waals surface area contributed by atoms with Crippen LogP contribution in [-0.4, -0.2) is 55.2 Å². The first kappa shape index (κ1) is 22.4. The van der Waals surface area contributed by atoms with Crippen molar-refractivity contribution in [3.8, 4) is 0 Å². The van der Waals surface area contributed by atoms with Gasteiger partial charge in [0.25, 0.3) is 0 Å². The topological polar surface area (TPSA) is 108 Å². The largest absolute Gasteiger partial charge is 0.481 e. The molecule has 1 rings (SSSR count). The molecular formula is C18H30O8. The third-order valence-electron chi connectivity index (χ3n) is 4.41. The molecule has 0 aromatic heterocycles. The van der Waals surface area contributed by atoms with Crippen LogP contribution in [0.15, 0.2) is 0 Å². The molecule has 0 saturated carbocycles. The van der Waals surface area contributed by atoms with Crippen molar-refractivity contribution in [2.45, 2.75) is 71.4 Å². The number of carbonyl (C=O) groups excluding carboxylic acids is 2. The number of esters is 2. The fourth-order valence-electron chi connectivity index (χ4n) is 3.14. The van der Waals surface area contributed by atoms with Crippen LogP contribution >= 0.6 is 0 Å². The lowest BCUT2D eigenvalue weighted by molar-refractivity contribution is -0.218. The second kappa shape index (κ2) is 11.1. The number of rotatable bonds is 10. The van der Waals surface area contributed by atoms with E-state index in [2.05, 4.69) is 0 Å². The van der Waals surface area contributed by atoms with Gasteiger partial charge in [-0.05, 0) is 19.8 Å². The van der Waals surface area contributed by atoms with Crippen molar-refractivity contribution < 1.29 is 38.4 Å². The van der Waals surface area contributed by atoms with Crippen LogP contribution in [0.1, 0.15) is 52.9 Å². The molecule has 26 heavy (non-hydrogen) atoms. The van der Waals surface area contributed by atoms with Gasteiger partial charge >= 0.3 is 17.9 Å². The molecule has 0 aromatic rings. The number of ether oxygens (including phenoxy) is 4. The van der Waals surface area contributed by atoms with E-state index in [0.29, 0.717) is 12.8 Å². The molecule has 1 heterocycles. The van der Waals surface area contributed by atoms with Gasteiger partial charge in [0.05, 0.1) is 12.5 Å². The highest BCUT2D eigenvalue weighted by Gasteiger charge is 2.45. The summed E-state index contributed by atoms with van der Waals surface area (Å²) in [6, 6.07) is 0. The molecule has 2 unspecified atom stereocenters. The standard InChI is InChI=1S/C18H30O8/c1-5-7-14(19)25-11(3)17(18(21)22)12-9-16(23-4)24-10-13(12)26-15(20)8-6-2/h11-13,16-17H,5-10H2,1-4H3,(H,21,22)/t11-,12?,13+,16?,17+/m1/s1. The minimum atomic E-state index is -1.11. The van der Waals surface area contributed by atoms with Crippen LogP contribution in [-0.2, 0) is 33.3 Å². The maximum atomic E-state index is 11.9. The summed E-state index contributed by atoms with van der Waals surface area (Å²) in [5, 5.41) is 9.74. The Morgan fingerprint density at radius 1 is 1.15 bits per heavy atom. The van der Waals surface area contributed by atoms with Crippen LogP contribution in [0.25, 0.3) is 0 Å². The van der Waals surface area contributed by atoms with Crippen molar-refractivity contribution in [3.63, 3.8) is 0 Å². The second-order valence-electron chi connectivity index (χ2n) is 6.49. The van der Waals surface area contributed by atoms with E-state index in [4.69, 9.17) is 18.9 Å². The van der Waals surface area contributed by atoms with E-state index in [9.17, 15) is 19.5 Å². The lowest BCUT2D eigenvalue weighted by atomic mass is 9.80. The second-order valence-corrected chi connectivity index (χ2v) is 6.49. The fraction of sp³-hybridized carbons (Fsp3) is 0.833. The quantitative estimate of drug-likeness (QED) is 0.579. The Morgan fingerprint density at radius 2 is 1.77 bits per heavy atom. The van der Waals surface area contributed by atoms with Gasteiger partial charge in [-0.2, -0.15) is 0 Å². The first-order chi connectivity index (χ1) is 12.3. The van der Waals surface area contributed by atoms with Crippen molar-refractivity contribution in [1.82, 2.24) is 0 Å². The van der Waals surface area contributed by atoms with Gasteiger partial charge in [0.15, 0.2) is 6.29 Å². The smallest absolute Gasteiger partial charge is 0.310 e. The first-order valence-corrected chi connectivity index (χ1v) is 9.10. The summed E-state index contributed by atoms with van der Waals surface area (Å²) >= 11 is 0. The number of hydrogen-bond donors (Lipinski definition) is 1. The molecule has 0 spiro atoms. The van der Waals surface area contributed by atoms with E-state index in [1.807, 2.05) is 13.8 Å². The predicted molar refractivity (Wildman–Crippen MR) is 91.2 cm³/mol. The minimum absolute atomic E-state index is 0.0397. The average molecular weight is 374 g/mol. The summed E-state index contributed by atoms with van der Waals surface area (Å²) in [6.45, 7) is 5.28. The SMILES string of the molecule is CCCC(=O)O[C@H]1COC(OC)CC1[C@@H](C(=O)O)[C@@H](C)OC(=O)CCC. The van der Waals surface area contributed by atoms with Gasteiger partial charge in [0, 0.05) is 32.3 Å².